The van der Waals surface area contributed by atoms with Gasteiger partial charge in [0.05, 0.1) is 6.04 Å². The van der Waals surface area contributed by atoms with E-state index in [0.717, 1.165) is 11.1 Å². The van der Waals surface area contributed by atoms with E-state index in [-0.39, 0.29) is 24.5 Å². The lowest BCUT2D eigenvalue weighted by atomic mass is 10.0. The Hall–Kier alpha value is -2.66. The fourth-order valence-corrected chi connectivity index (χ4v) is 3.31. The summed E-state index contributed by atoms with van der Waals surface area (Å²) < 4.78 is 5.40. The average Bonchev–Trinajstić information content (AvgIpc) is 2.68. The van der Waals surface area contributed by atoms with E-state index in [2.05, 4.69) is 4.90 Å². The minimum Gasteiger partial charge on any atom is -0.445 e. The lowest BCUT2D eigenvalue weighted by Crippen LogP contribution is -2.50. The van der Waals surface area contributed by atoms with Gasteiger partial charge in [0, 0.05) is 26.2 Å². The molecule has 136 valence electrons. The largest absolute Gasteiger partial charge is 0.445 e. The average molecular weight is 352 g/mol. The second kappa shape index (κ2) is 8.63. The van der Waals surface area contributed by atoms with Crippen LogP contribution in [-0.4, -0.2) is 47.9 Å². The first kappa shape index (κ1) is 18.1. The van der Waals surface area contributed by atoms with Crippen molar-refractivity contribution in [1.82, 2.24) is 9.80 Å². The summed E-state index contributed by atoms with van der Waals surface area (Å²) in [5, 5.41) is 0. The van der Waals surface area contributed by atoms with Crippen molar-refractivity contribution in [3.8, 4) is 0 Å². The highest BCUT2D eigenvalue weighted by Gasteiger charge is 2.30. The van der Waals surface area contributed by atoms with Crippen molar-refractivity contribution in [2.24, 2.45) is 0 Å². The number of ketones is 1. The normalized spacial score (nSPS) is 16.1. The summed E-state index contributed by atoms with van der Waals surface area (Å²) in [7, 11) is 0. The van der Waals surface area contributed by atoms with Gasteiger partial charge in [0.1, 0.15) is 6.61 Å². The van der Waals surface area contributed by atoms with E-state index in [1.54, 1.807) is 11.8 Å². The summed E-state index contributed by atoms with van der Waals surface area (Å²) in [5.41, 5.74) is 1.97. The van der Waals surface area contributed by atoms with Crippen molar-refractivity contribution in [3.63, 3.8) is 0 Å². The maximum atomic E-state index is 12.3. The van der Waals surface area contributed by atoms with Crippen LogP contribution in [0.15, 0.2) is 60.7 Å². The van der Waals surface area contributed by atoms with Gasteiger partial charge in [-0.3, -0.25) is 9.69 Å². The van der Waals surface area contributed by atoms with Crippen LogP contribution in [-0.2, 0) is 16.1 Å². The zero-order chi connectivity index (χ0) is 18.4. The van der Waals surface area contributed by atoms with Crippen LogP contribution >= 0.6 is 0 Å². The van der Waals surface area contributed by atoms with Crippen molar-refractivity contribution in [2.75, 3.05) is 26.2 Å². The number of piperazine rings is 1. The topological polar surface area (TPSA) is 49.9 Å². The molecule has 1 fully saturated rings. The molecular formula is C21H24N2O3. The molecule has 0 bridgehead atoms. The number of amides is 1. The summed E-state index contributed by atoms with van der Waals surface area (Å²) in [6.45, 7) is 4.33. The van der Waals surface area contributed by atoms with Crippen molar-refractivity contribution >= 4 is 11.9 Å². The van der Waals surface area contributed by atoms with E-state index in [4.69, 9.17) is 4.74 Å². The van der Waals surface area contributed by atoms with E-state index in [9.17, 15) is 9.59 Å². The molecule has 1 unspecified atom stereocenters. The number of nitrogens with zero attached hydrogens (tertiary/aromatic N) is 2. The van der Waals surface area contributed by atoms with Gasteiger partial charge in [-0.25, -0.2) is 4.79 Å². The summed E-state index contributed by atoms with van der Waals surface area (Å²) in [5.74, 6) is 0.122. The van der Waals surface area contributed by atoms with Crippen LogP contribution in [0.5, 0.6) is 0 Å². The highest BCUT2D eigenvalue weighted by Crippen LogP contribution is 2.23. The molecule has 5 heteroatoms. The molecule has 26 heavy (non-hydrogen) atoms. The predicted molar refractivity (Wildman–Crippen MR) is 99.6 cm³/mol. The van der Waals surface area contributed by atoms with E-state index in [1.165, 1.54) is 0 Å². The van der Waals surface area contributed by atoms with Crippen LogP contribution in [0.1, 0.15) is 24.1 Å². The van der Waals surface area contributed by atoms with Gasteiger partial charge >= 0.3 is 6.09 Å². The van der Waals surface area contributed by atoms with Crippen LogP contribution in [0, 0.1) is 0 Å². The lowest BCUT2D eigenvalue weighted by Gasteiger charge is -2.38. The molecule has 0 saturated carbocycles. The first-order valence-corrected chi connectivity index (χ1v) is 8.90. The standard InChI is InChI=1S/C21H24N2O3/c1-17(24)20(19-10-6-3-7-11-19)22-12-14-23(15-13-22)21(25)26-16-18-8-4-2-5-9-18/h2-11,20H,12-16H2,1H3. The SMILES string of the molecule is CC(=O)C(c1ccccc1)N1CCN(C(=O)OCc2ccccc2)CC1. The smallest absolute Gasteiger partial charge is 0.410 e. The Morgan fingerprint density at radius 2 is 1.50 bits per heavy atom. The van der Waals surface area contributed by atoms with E-state index >= 15 is 0 Å². The number of hydrogen-bond donors (Lipinski definition) is 0. The van der Waals surface area contributed by atoms with Gasteiger partial charge in [-0.1, -0.05) is 60.7 Å². The van der Waals surface area contributed by atoms with Crippen LogP contribution in [0.3, 0.4) is 0 Å². The number of rotatable bonds is 5. The summed E-state index contributed by atoms with van der Waals surface area (Å²) >= 11 is 0. The minimum absolute atomic E-state index is 0.122. The van der Waals surface area contributed by atoms with Gasteiger partial charge in [-0.05, 0) is 18.1 Å². The first-order valence-electron chi connectivity index (χ1n) is 8.90. The third kappa shape index (κ3) is 4.49. The molecular weight excluding hydrogens is 328 g/mol. The Kier molecular flexibility index (Phi) is 6.02. The van der Waals surface area contributed by atoms with Crippen molar-refractivity contribution in [2.45, 2.75) is 19.6 Å². The van der Waals surface area contributed by atoms with Crippen LogP contribution in [0.25, 0.3) is 0 Å². The zero-order valence-electron chi connectivity index (χ0n) is 15.0. The van der Waals surface area contributed by atoms with Crippen LogP contribution in [0.2, 0.25) is 0 Å². The van der Waals surface area contributed by atoms with E-state index in [0.29, 0.717) is 26.2 Å². The first-order chi connectivity index (χ1) is 12.6. The monoisotopic (exact) mass is 352 g/mol. The van der Waals surface area contributed by atoms with Gasteiger partial charge in [0.25, 0.3) is 0 Å². The number of benzene rings is 2. The van der Waals surface area contributed by atoms with Gasteiger partial charge in [0.2, 0.25) is 0 Å². The lowest BCUT2D eigenvalue weighted by molar-refractivity contribution is -0.123. The molecule has 1 aliphatic heterocycles. The molecule has 1 aliphatic rings. The number of hydrogen-bond acceptors (Lipinski definition) is 4. The number of carbonyl (C=O) groups excluding carboxylic acids is 2. The van der Waals surface area contributed by atoms with E-state index in [1.807, 2.05) is 60.7 Å². The molecule has 5 nitrogen and oxygen atoms in total. The maximum Gasteiger partial charge on any atom is 0.410 e. The Bertz CT molecular complexity index is 725. The molecule has 0 radical (unpaired) electrons. The fourth-order valence-electron chi connectivity index (χ4n) is 3.31. The van der Waals surface area contributed by atoms with Crippen molar-refractivity contribution < 1.29 is 14.3 Å². The highest BCUT2D eigenvalue weighted by atomic mass is 16.6. The second-order valence-corrected chi connectivity index (χ2v) is 6.49. The van der Waals surface area contributed by atoms with Crippen molar-refractivity contribution in [1.29, 1.82) is 0 Å². The molecule has 0 aliphatic carbocycles. The molecule has 1 atom stereocenters. The van der Waals surface area contributed by atoms with Gasteiger partial charge in [0.15, 0.2) is 5.78 Å². The zero-order valence-corrected chi connectivity index (χ0v) is 15.0. The summed E-state index contributed by atoms with van der Waals surface area (Å²) in [6, 6.07) is 19.2. The Morgan fingerprint density at radius 1 is 0.923 bits per heavy atom. The molecule has 3 rings (SSSR count). The molecule has 0 aromatic heterocycles. The second-order valence-electron chi connectivity index (χ2n) is 6.49. The Balaban J connectivity index is 1.54. The maximum absolute atomic E-state index is 12.3. The molecule has 1 amide bonds. The highest BCUT2D eigenvalue weighted by molar-refractivity contribution is 5.83. The van der Waals surface area contributed by atoms with Gasteiger partial charge in [-0.15, -0.1) is 0 Å². The molecule has 0 N–H and O–H groups in total. The van der Waals surface area contributed by atoms with Crippen LogP contribution < -0.4 is 0 Å². The van der Waals surface area contributed by atoms with Crippen molar-refractivity contribution in [3.05, 3.63) is 71.8 Å². The molecule has 2 aromatic rings. The predicted octanol–water partition coefficient (Wildman–Crippen LogP) is 3.27. The number of ether oxygens (including phenoxy) is 1. The molecule has 0 spiro atoms. The van der Waals surface area contributed by atoms with Gasteiger partial charge in [-0.2, -0.15) is 0 Å². The third-order valence-corrected chi connectivity index (χ3v) is 4.64. The Morgan fingerprint density at radius 3 is 2.08 bits per heavy atom. The van der Waals surface area contributed by atoms with Gasteiger partial charge < -0.3 is 9.64 Å². The minimum atomic E-state index is -0.299. The molecule has 2 aromatic carbocycles. The third-order valence-electron chi connectivity index (χ3n) is 4.64. The number of Topliss-reactive ketones (excluding diaryl/α,β-unsaturated/α-hetero) is 1. The fraction of sp³-hybridized carbons (Fsp3) is 0.333. The molecule has 1 heterocycles. The van der Waals surface area contributed by atoms with E-state index < -0.39 is 0 Å². The molecule has 1 saturated heterocycles. The van der Waals surface area contributed by atoms with Crippen LogP contribution in [0.4, 0.5) is 4.79 Å². The quantitative estimate of drug-likeness (QED) is 0.829. The summed E-state index contributed by atoms with van der Waals surface area (Å²) in [6.07, 6.45) is -0.299. The number of carbonyl (C=O) groups is 2. The summed E-state index contributed by atoms with van der Waals surface area (Å²) in [4.78, 5) is 28.3. The Labute approximate surface area is 154 Å².